The number of carbonyl (C=O) groups excluding carboxylic acids is 1. The van der Waals surface area contributed by atoms with E-state index in [4.69, 9.17) is 4.74 Å². The van der Waals surface area contributed by atoms with E-state index in [1.807, 2.05) is 84.3 Å². The van der Waals surface area contributed by atoms with Crippen molar-refractivity contribution in [3.05, 3.63) is 102 Å². The normalized spacial score (nSPS) is 10.7. The molecule has 0 aliphatic carbocycles. The molecule has 0 bridgehead atoms. The summed E-state index contributed by atoms with van der Waals surface area (Å²) in [5.41, 5.74) is 2.97. The summed E-state index contributed by atoms with van der Waals surface area (Å²) in [6.07, 6.45) is 0. The molecule has 0 fully saturated rings. The zero-order chi connectivity index (χ0) is 22.2. The van der Waals surface area contributed by atoms with Crippen LogP contribution in [0.5, 0.6) is 5.75 Å². The van der Waals surface area contributed by atoms with Crippen molar-refractivity contribution >= 4 is 23.4 Å². The SMILES string of the molecule is Cc1ccccc1NC(=O)CSc1nnc(COc2ccccc2)n1Cc1ccccc1. The Morgan fingerprint density at radius 3 is 2.38 bits per heavy atom. The van der Waals surface area contributed by atoms with E-state index in [9.17, 15) is 4.79 Å². The van der Waals surface area contributed by atoms with Gasteiger partial charge in [-0.15, -0.1) is 10.2 Å². The number of amides is 1. The van der Waals surface area contributed by atoms with E-state index >= 15 is 0 Å². The third-order valence-corrected chi connectivity index (χ3v) is 5.81. The summed E-state index contributed by atoms with van der Waals surface area (Å²) >= 11 is 1.36. The van der Waals surface area contributed by atoms with Crippen molar-refractivity contribution in [2.45, 2.75) is 25.2 Å². The monoisotopic (exact) mass is 444 g/mol. The Kier molecular flexibility index (Phi) is 7.19. The number of anilines is 1. The molecule has 162 valence electrons. The zero-order valence-corrected chi connectivity index (χ0v) is 18.6. The van der Waals surface area contributed by atoms with E-state index in [1.54, 1.807) is 0 Å². The van der Waals surface area contributed by atoms with Gasteiger partial charge in [0.15, 0.2) is 11.0 Å². The standard InChI is InChI=1S/C25H24N4O2S/c1-19-10-8-9-15-22(19)26-24(30)18-32-25-28-27-23(17-31-21-13-6-3-7-14-21)29(25)16-20-11-4-2-5-12-20/h2-15H,16-18H2,1H3,(H,26,30). The van der Waals surface area contributed by atoms with E-state index in [1.165, 1.54) is 11.8 Å². The molecule has 1 amide bonds. The summed E-state index contributed by atoms with van der Waals surface area (Å²) in [5.74, 6) is 1.63. The predicted molar refractivity (Wildman–Crippen MR) is 127 cm³/mol. The third-order valence-electron chi connectivity index (χ3n) is 4.84. The van der Waals surface area contributed by atoms with E-state index in [0.717, 1.165) is 22.6 Å². The maximum Gasteiger partial charge on any atom is 0.234 e. The number of aromatic nitrogens is 3. The Morgan fingerprint density at radius 2 is 1.62 bits per heavy atom. The van der Waals surface area contributed by atoms with Crippen LogP contribution in [0.15, 0.2) is 90.1 Å². The topological polar surface area (TPSA) is 69.0 Å². The van der Waals surface area contributed by atoms with Crippen LogP contribution < -0.4 is 10.1 Å². The average Bonchev–Trinajstić information content (AvgIpc) is 3.20. The van der Waals surface area contributed by atoms with Crippen LogP contribution in [0.25, 0.3) is 0 Å². The second kappa shape index (κ2) is 10.6. The number of carbonyl (C=O) groups is 1. The number of nitrogens with zero attached hydrogens (tertiary/aromatic N) is 3. The molecule has 1 heterocycles. The molecule has 4 rings (SSSR count). The van der Waals surface area contributed by atoms with Crippen molar-refractivity contribution in [3.8, 4) is 5.75 Å². The minimum atomic E-state index is -0.0827. The number of hydrogen-bond acceptors (Lipinski definition) is 5. The first kappa shape index (κ1) is 21.6. The quantitative estimate of drug-likeness (QED) is 0.370. The first-order valence-corrected chi connectivity index (χ1v) is 11.3. The Hall–Kier alpha value is -3.58. The van der Waals surface area contributed by atoms with Gasteiger partial charge in [-0.3, -0.25) is 9.36 Å². The Labute approximate surface area is 191 Å². The first-order chi connectivity index (χ1) is 15.7. The van der Waals surface area contributed by atoms with Gasteiger partial charge in [-0.25, -0.2) is 0 Å². The molecule has 1 aromatic heterocycles. The first-order valence-electron chi connectivity index (χ1n) is 10.3. The molecule has 6 nitrogen and oxygen atoms in total. The molecule has 4 aromatic rings. The molecule has 1 N–H and O–H groups in total. The van der Waals surface area contributed by atoms with Crippen LogP contribution in [0.2, 0.25) is 0 Å². The van der Waals surface area contributed by atoms with Crippen LogP contribution in [0, 0.1) is 6.92 Å². The molecule has 0 spiro atoms. The summed E-state index contributed by atoms with van der Waals surface area (Å²) in [5, 5.41) is 12.3. The summed E-state index contributed by atoms with van der Waals surface area (Å²) < 4.78 is 7.89. The van der Waals surface area contributed by atoms with Gasteiger partial charge in [0.05, 0.1) is 12.3 Å². The molecule has 0 unspecified atom stereocenters. The van der Waals surface area contributed by atoms with E-state index in [0.29, 0.717) is 24.1 Å². The van der Waals surface area contributed by atoms with Crippen molar-refractivity contribution in [3.63, 3.8) is 0 Å². The zero-order valence-electron chi connectivity index (χ0n) is 17.8. The molecule has 0 saturated carbocycles. The molecule has 3 aromatic carbocycles. The molecular weight excluding hydrogens is 420 g/mol. The number of thioether (sulfide) groups is 1. The van der Waals surface area contributed by atoms with Gasteiger partial charge in [-0.05, 0) is 36.2 Å². The van der Waals surface area contributed by atoms with Gasteiger partial charge in [0, 0.05) is 5.69 Å². The minimum Gasteiger partial charge on any atom is -0.486 e. The van der Waals surface area contributed by atoms with Crippen molar-refractivity contribution in [2.24, 2.45) is 0 Å². The summed E-state index contributed by atoms with van der Waals surface area (Å²) in [7, 11) is 0. The number of benzene rings is 3. The highest BCUT2D eigenvalue weighted by Gasteiger charge is 2.16. The van der Waals surface area contributed by atoms with Crippen LogP contribution in [-0.4, -0.2) is 26.4 Å². The average molecular weight is 445 g/mol. The van der Waals surface area contributed by atoms with E-state index in [2.05, 4.69) is 27.6 Å². The molecule has 7 heteroatoms. The van der Waals surface area contributed by atoms with Crippen LogP contribution in [0.4, 0.5) is 5.69 Å². The molecule has 0 radical (unpaired) electrons. The van der Waals surface area contributed by atoms with Crippen molar-refractivity contribution in [1.29, 1.82) is 0 Å². The lowest BCUT2D eigenvalue weighted by Gasteiger charge is -2.12. The predicted octanol–water partition coefficient (Wildman–Crippen LogP) is 4.94. The maximum absolute atomic E-state index is 12.5. The lowest BCUT2D eigenvalue weighted by Crippen LogP contribution is -2.16. The molecule has 0 aliphatic heterocycles. The Balaban J connectivity index is 1.47. The largest absolute Gasteiger partial charge is 0.486 e. The number of aryl methyl sites for hydroxylation is 1. The number of hydrogen-bond donors (Lipinski definition) is 1. The van der Waals surface area contributed by atoms with Crippen molar-refractivity contribution in [2.75, 3.05) is 11.1 Å². The summed E-state index contributed by atoms with van der Waals surface area (Å²) in [4.78, 5) is 12.5. The highest BCUT2D eigenvalue weighted by molar-refractivity contribution is 7.99. The number of nitrogens with one attached hydrogen (secondary N) is 1. The van der Waals surface area contributed by atoms with E-state index < -0.39 is 0 Å². The number of ether oxygens (including phenoxy) is 1. The molecule has 0 saturated heterocycles. The van der Waals surface area contributed by atoms with Crippen molar-refractivity contribution in [1.82, 2.24) is 14.8 Å². The Bertz CT molecular complexity index is 1160. The van der Waals surface area contributed by atoms with E-state index in [-0.39, 0.29) is 11.7 Å². The molecule has 0 aliphatic rings. The molecule has 32 heavy (non-hydrogen) atoms. The highest BCUT2D eigenvalue weighted by atomic mass is 32.2. The van der Waals surface area contributed by atoms with Gasteiger partial charge in [0.1, 0.15) is 12.4 Å². The fourth-order valence-electron chi connectivity index (χ4n) is 3.15. The van der Waals surface area contributed by atoms with Gasteiger partial charge in [-0.2, -0.15) is 0 Å². The van der Waals surface area contributed by atoms with Crippen molar-refractivity contribution < 1.29 is 9.53 Å². The second-order valence-corrected chi connectivity index (χ2v) is 8.17. The fourth-order valence-corrected chi connectivity index (χ4v) is 3.91. The lowest BCUT2D eigenvalue weighted by molar-refractivity contribution is -0.113. The fraction of sp³-hybridized carbons (Fsp3) is 0.160. The third kappa shape index (κ3) is 5.76. The summed E-state index contributed by atoms with van der Waals surface area (Å²) in [6, 6.07) is 27.4. The van der Waals surface area contributed by atoms with Gasteiger partial charge >= 0.3 is 0 Å². The number of para-hydroxylation sites is 2. The van der Waals surface area contributed by atoms with Gasteiger partial charge in [0.2, 0.25) is 5.91 Å². The smallest absolute Gasteiger partial charge is 0.234 e. The second-order valence-electron chi connectivity index (χ2n) is 7.22. The summed E-state index contributed by atoms with van der Waals surface area (Å²) in [6.45, 7) is 2.86. The van der Waals surface area contributed by atoms with Crippen LogP contribution in [-0.2, 0) is 17.9 Å². The van der Waals surface area contributed by atoms with Crippen LogP contribution in [0.3, 0.4) is 0 Å². The van der Waals surface area contributed by atoms with Gasteiger partial charge < -0.3 is 10.1 Å². The highest BCUT2D eigenvalue weighted by Crippen LogP contribution is 2.21. The number of rotatable bonds is 9. The lowest BCUT2D eigenvalue weighted by atomic mass is 10.2. The molecular formula is C25H24N4O2S. The van der Waals surface area contributed by atoms with Crippen LogP contribution in [0.1, 0.15) is 17.0 Å². The Morgan fingerprint density at radius 1 is 0.938 bits per heavy atom. The van der Waals surface area contributed by atoms with Gasteiger partial charge in [-0.1, -0.05) is 78.5 Å². The van der Waals surface area contributed by atoms with Gasteiger partial charge in [0.25, 0.3) is 0 Å². The molecule has 0 atom stereocenters. The minimum absolute atomic E-state index is 0.0827. The maximum atomic E-state index is 12.5. The van der Waals surface area contributed by atoms with Crippen LogP contribution >= 0.6 is 11.8 Å².